The molecule has 0 fully saturated rings. The smallest absolute Gasteiger partial charge is 0.126 e. The summed E-state index contributed by atoms with van der Waals surface area (Å²) in [4.78, 5) is 4.71. The van der Waals surface area contributed by atoms with Gasteiger partial charge in [-0.2, -0.15) is 0 Å². The van der Waals surface area contributed by atoms with E-state index >= 15 is 0 Å². The third-order valence-electron chi connectivity index (χ3n) is 11.3. The van der Waals surface area contributed by atoms with E-state index in [9.17, 15) is 0 Å². The lowest BCUT2D eigenvalue weighted by atomic mass is 10.0. The van der Waals surface area contributed by atoms with Gasteiger partial charge in [0.05, 0.1) is 6.61 Å². The van der Waals surface area contributed by atoms with E-state index in [1.54, 1.807) is 0 Å². The zero-order chi connectivity index (χ0) is 43.0. The van der Waals surface area contributed by atoms with Gasteiger partial charge in [0.2, 0.25) is 0 Å². The molecule has 62 heavy (non-hydrogen) atoms. The first kappa shape index (κ1) is 41.4. The van der Waals surface area contributed by atoms with Gasteiger partial charge in [-0.15, -0.1) is 0 Å². The molecule has 0 aliphatic heterocycles. The van der Waals surface area contributed by atoms with Crippen molar-refractivity contribution in [3.8, 4) is 16.9 Å². The summed E-state index contributed by atoms with van der Waals surface area (Å²) in [6, 6.07) is 65.6. The predicted octanol–water partition coefficient (Wildman–Crippen LogP) is 16.6. The minimum Gasteiger partial charge on any atom is -0.493 e. The lowest BCUT2D eigenvalue weighted by Crippen LogP contribution is -2.11. The van der Waals surface area contributed by atoms with Crippen LogP contribution in [0.2, 0.25) is 0 Å². The molecule has 8 aromatic carbocycles. The molecule has 0 radical (unpaired) electrons. The molecule has 0 atom stereocenters. The van der Waals surface area contributed by atoms with Crippen LogP contribution in [0.15, 0.2) is 182 Å². The molecule has 8 aromatic rings. The topological polar surface area (TPSA) is 15.7 Å². The molecule has 3 nitrogen and oxygen atoms in total. The number of nitrogens with zero attached hydrogens (tertiary/aromatic N) is 2. The third-order valence-corrected chi connectivity index (χ3v) is 11.3. The minimum atomic E-state index is 0.637. The van der Waals surface area contributed by atoms with E-state index in [2.05, 4.69) is 233 Å². The Bertz CT molecular complexity index is 2810. The molecule has 0 unspecified atom stereocenters. The van der Waals surface area contributed by atoms with Crippen molar-refractivity contribution in [2.45, 2.75) is 41.5 Å². The van der Waals surface area contributed by atoms with E-state index in [4.69, 9.17) is 4.74 Å². The molecule has 0 saturated heterocycles. The average molecular weight is 807 g/mol. The van der Waals surface area contributed by atoms with Crippen LogP contribution in [0.1, 0.15) is 57.0 Å². The molecule has 0 aliphatic rings. The molecular formula is C59H54N2O. The van der Waals surface area contributed by atoms with Crippen LogP contribution in [0, 0.1) is 34.6 Å². The van der Waals surface area contributed by atoms with E-state index in [1.807, 2.05) is 25.1 Å². The van der Waals surface area contributed by atoms with Crippen molar-refractivity contribution in [2.75, 3.05) is 16.4 Å². The monoisotopic (exact) mass is 806 g/mol. The SMILES string of the molecule is CCOc1ccccc1/C=C/c1ccc(N(c2ccc(-c3ccc(N(c4ccc(/C=C/c5ccc(C)cc5)cc4)c4ccc(C)cc4C)cc3)cc2)c2ccc(C)cc2C)cc1. The zero-order valence-electron chi connectivity index (χ0n) is 36.6. The molecule has 0 bridgehead atoms. The van der Waals surface area contributed by atoms with Gasteiger partial charge < -0.3 is 14.5 Å². The highest BCUT2D eigenvalue weighted by atomic mass is 16.5. The van der Waals surface area contributed by atoms with E-state index in [0.717, 1.165) is 67.7 Å². The van der Waals surface area contributed by atoms with Crippen molar-refractivity contribution in [1.82, 2.24) is 0 Å². The molecule has 0 aromatic heterocycles. The highest BCUT2D eigenvalue weighted by Crippen LogP contribution is 2.40. The van der Waals surface area contributed by atoms with Crippen LogP contribution < -0.4 is 14.5 Å². The van der Waals surface area contributed by atoms with Crippen LogP contribution in [-0.2, 0) is 0 Å². The maximum Gasteiger partial charge on any atom is 0.126 e. The van der Waals surface area contributed by atoms with Crippen LogP contribution in [0.3, 0.4) is 0 Å². The molecule has 0 aliphatic carbocycles. The average Bonchev–Trinajstić information content (AvgIpc) is 3.29. The highest BCUT2D eigenvalue weighted by Gasteiger charge is 2.17. The van der Waals surface area contributed by atoms with Gasteiger partial charge >= 0.3 is 0 Å². The quantitative estimate of drug-likeness (QED) is 0.108. The van der Waals surface area contributed by atoms with E-state index in [0.29, 0.717) is 6.61 Å². The number of hydrogen-bond acceptors (Lipinski definition) is 3. The Morgan fingerprint density at radius 2 is 0.758 bits per heavy atom. The van der Waals surface area contributed by atoms with Crippen LogP contribution in [0.25, 0.3) is 35.4 Å². The lowest BCUT2D eigenvalue weighted by Gasteiger charge is -2.28. The minimum absolute atomic E-state index is 0.637. The Morgan fingerprint density at radius 3 is 1.18 bits per heavy atom. The van der Waals surface area contributed by atoms with Crippen molar-refractivity contribution in [1.29, 1.82) is 0 Å². The molecule has 0 heterocycles. The first-order chi connectivity index (χ1) is 30.2. The molecule has 0 saturated carbocycles. The van der Waals surface area contributed by atoms with Gasteiger partial charge in [0.25, 0.3) is 0 Å². The summed E-state index contributed by atoms with van der Waals surface area (Å²) >= 11 is 0. The highest BCUT2D eigenvalue weighted by molar-refractivity contribution is 5.83. The summed E-state index contributed by atoms with van der Waals surface area (Å²) in [5, 5.41) is 0. The summed E-state index contributed by atoms with van der Waals surface area (Å²) in [6.45, 7) is 13.5. The fourth-order valence-corrected chi connectivity index (χ4v) is 8.00. The maximum atomic E-state index is 5.85. The van der Waals surface area contributed by atoms with Crippen LogP contribution in [0.4, 0.5) is 34.1 Å². The Hall–Kier alpha value is -7.36. The second-order valence-corrected chi connectivity index (χ2v) is 16.1. The summed E-state index contributed by atoms with van der Waals surface area (Å²) in [5.74, 6) is 0.895. The van der Waals surface area contributed by atoms with Crippen molar-refractivity contribution >= 4 is 58.4 Å². The van der Waals surface area contributed by atoms with Gasteiger partial charge in [-0.05, 0) is 147 Å². The van der Waals surface area contributed by atoms with E-state index in [-0.39, 0.29) is 0 Å². The fourth-order valence-electron chi connectivity index (χ4n) is 8.00. The van der Waals surface area contributed by atoms with Gasteiger partial charge in [0.15, 0.2) is 0 Å². The van der Waals surface area contributed by atoms with Crippen LogP contribution in [0.5, 0.6) is 5.75 Å². The first-order valence-corrected chi connectivity index (χ1v) is 21.5. The Kier molecular flexibility index (Phi) is 12.6. The lowest BCUT2D eigenvalue weighted by molar-refractivity contribution is 0.339. The van der Waals surface area contributed by atoms with Gasteiger partial charge in [-0.25, -0.2) is 0 Å². The normalized spacial score (nSPS) is 11.3. The number of ether oxygens (including phenoxy) is 1. The summed E-state index contributed by atoms with van der Waals surface area (Å²) in [5.41, 5.74) is 19.8. The van der Waals surface area contributed by atoms with Gasteiger partial charge in [-0.3, -0.25) is 0 Å². The number of anilines is 6. The standard InChI is InChI=1S/C59H54N2O/c1-7-62-59-11-9-8-10-52(59)25-20-49-23-32-54(33-24-49)61(58-39-15-44(4)41-46(58)6)56-36-28-51(29-37-56)50-26-34-55(35-27-50)60(57-38-14-43(3)40-45(57)5)53-30-21-48(22-31-53)19-18-47-16-12-42(2)13-17-47/h8-41H,7H2,1-6H3/b19-18+,25-20+. The molecule has 0 N–H and O–H groups in total. The summed E-state index contributed by atoms with van der Waals surface area (Å²) in [7, 11) is 0. The Morgan fingerprint density at radius 1 is 0.387 bits per heavy atom. The van der Waals surface area contributed by atoms with Crippen LogP contribution in [-0.4, -0.2) is 6.61 Å². The Balaban J connectivity index is 1.06. The van der Waals surface area contributed by atoms with Gasteiger partial charge in [-0.1, -0.05) is 156 Å². The molecule has 3 heteroatoms. The maximum absolute atomic E-state index is 5.85. The number of benzene rings is 8. The number of hydrogen-bond donors (Lipinski definition) is 0. The second kappa shape index (κ2) is 18.9. The molecule has 0 spiro atoms. The molecule has 8 rings (SSSR count). The van der Waals surface area contributed by atoms with Gasteiger partial charge in [0, 0.05) is 39.7 Å². The fraction of sp³-hybridized carbons (Fsp3) is 0.119. The number of rotatable bonds is 13. The van der Waals surface area contributed by atoms with E-state index in [1.165, 1.54) is 33.4 Å². The molecular weight excluding hydrogens is 753 g/mol. The number of aryl methyl sites for hydroxylation is 5. The van der Waals surface area contributed by atoms with Crippen molar-refractivity contribution < 1.29 is 4.74 Å². The third kappa shape index (κ3) is 9.65. The zero-order valence-corrected chi connectivity index (χ0v) is 36.6. The largest absolute Gasteiger partial charge is 0.493 e. The first-order valence-electron chi connectivity index (χ1n) is 21.5. The van der Waals surface area contributed by atoms with Crippen LogP contribution >= 0.6 is 0 Å². The summed E-state index contributed by atoms with van der Waals surface area (Å²) in [6.07, 6.45) is 8.62. The Labute approximate surface area is 368 Å². The van der Waals surface area contributed by atoms with E-state index < -0.39 is 0 Å². The summed E-state index contributed by atoms with van der Waals surface area (Å²) < 4.78 is 5.85. The second-order valence-electron chi connectivity index (χ2n) is 16.1. The molecule has 306 valence electrons. The van der Waals surface area contributed by atoms with Crippen molar-refractivity contribution in [2.24, 2.45) is 0 Å². The van der Waals surface area contributed by atoms with Crippen molar-refractivity contribution in [3.05, 3.63) is 232 Å². The predicted molar refractivity (Wildman–Crippen MR) is 267 cm³/mol. The van der Waals surface area contributed by atoms with Crippen molar-refractivity contribution in [3.63, 3.8) is 0 Å². The number of para-hydroxylation sites is 1. The molecule has 0 amide bonds. The van der Waals surface area contributed by atoms with Gasteiger partial charge in [0.1, 0.15) is 5.75 Å².